The molecule has 88 valence electrons. The molecule has 3 nitrogen and oxygen atoms in total. The van der Waals surface area contributed by atoms with Crippen LogP contribution in [0.15, 0.2) is 29.3 Å². The molecule has 4 heteroatoms. The molecule has 2 aliphatic heterocycles. The number of carbonyl (C=O) groups excluding carboxylic acids is 1. The summed E-state index contributed by atoms with van der Waals surface area (Å²) >= 11 is 1.60. The average Bonchev–Trinajstić information content (AvgIpc) is 2.66. The molecule has 2 aliphatic rings. The number of nitrogens with zero attached hydrogens (tertiary/aromatic N) is 2. The van der Waals surface area contributed by atoms with E-state index in [4.69, 9.17) is 0 Å². The van der Waals surface area contributed by atoms with Crippen molar-refractivity contribution in [3.8, 4) is 0 Å². The van der Waals surface area contributed by atoms with E-state index in [0.717, 1.165) is 22.8 Å². The highest BCUT2D eigenvalue weighted by Crippen LogP contribution is 2.42. The third-order valence-electron chi connectivity index (χ3n) is 3.33. The third-order valence-corrected chi connectivity index (χ3v) is 4.65. The lowest BCUT2D eigenvalue weighted by atomic mass is 10.0. The van der Waals surface area contributed by atoms with E-state index in [-0.39, 0.29) is 17.2 Å². The first-order valence-corrected chi connectivity index (χ1v) is 6.77. The molecule has 2 atom stereocenters. The lowest BCUT2D eigenvalue weighted by Crippen LogP contribution is -2.36. The van der Waals surface area contributed by atoms with Gasteiger partial charge in [-0.3, -0.25) is 9.69 Å². The predicted octanol–water partition coefficient (Wildman–Crippen LogP) is 3.10. The molecule has 0 N–H and O–H groups in total. The summed E-state index contributed by atoms with van der Waals surface area (Å²) in [6, 6.07) is 8.17. The van der Waals surface area contributed by atoms with E-state index < -0.39 is 0 Å². The fourth-order valence-electron chi connectivity index (χ4n) is 2.36. The minimum Gasteiger partial charge on any atom is -0.283 e. The summed E-state index contributed by atoms with van der Waals surface area (Å²) in [5, 5.41) is 0.915. The summed E-state index contributed by atoms with van der Waals surface area (Å²) in [5.74, 6) is 0.207. The monoisotopic (exact) mass is 246 g/mol. The number of para-hydroxylation sites is 1. The lowest BCUT2D eigenvalue weighted by Gasteiger charge is -2.29. The molecule has 0 aliphatic carbocycles. The van der Waals surface area contributed by atoms with E-state index >= 15 is 0 Å². The van der Waals surface area contributed by atoms with Crippen LogP contribution in [0.4, 0.5) is 5.69 Å². The quantitative estimate of drug-likeness (QED) is 0.762. The Kier molecular flexibility index (Phi) is 2.47. The van der Waals surface area contributed by atoms with Gasteiger partial charge in [-0.25, -0.2) is 4.99 Å². The van der Waals surface area contributed by atoms with Crippen LogP contribution in [0.5, 0.6) is 0 Å². The molecule has 0 saturated carbocycles. The van der Waals surface area contributed by atoms with Gasteiger partial charge < -0.3 is 0 Å². The Morgan fingerprint density at radius 2 is 2.18 bits per heavy atom. The van der Waals surface area contributed by atoms with Crippen LogP contribution in [0, 0.1) is 0 Å². The smallest absolute Gasteiger partial charge is 0.242 e. The van der Waals surface area contributed by atoms with Crippen LogP contribution in [-0.2, 0) is 4.79 Å². The number of hydrogen-bond donors (Lipinski definition) is 0. The van der Waals surface area contributed by atoms with E-state index in [2.05, 4.69) is 18.0 Å². The molecule has 1 amide bonds. The zero-order valence-corrected chi connectivity index (χ0v) is 10.7. The second kappa shape index (κ2) is 3.88. The van der Waals surface area contributed by atoms with Crippen molar-refractivity contribution in [3.63, 3.8) is 0 Å². The molecule has 17 heavy (non-hydrogen) atoms. The average molecular weight is 246 g/mol. The molecule has 3 rings (SSSR count). The molecule has 0 radical (unpaired) electrons. The summed E-state index contributed by atoms with van der Waals surface area (Å²) in [6.45, 7) is 4.12. The summed E-state index contributed by atoms with van der Waals surface area (Å²) in [6.07, 6.45) is 0.863. The van der Waals surface area contributed by atoms with Gasteiger partial charge in [-0.2, -0.15) is 0 Å². The van der Waals surface area contributed by atoms with E-state index in [1.807, 2.05) is 30.0 Å². The topological polar surface area (TPSA) is 32.7 Å². The fraction of sp³-hybridized carbons (Fsp3) is 0.385. The SMILES string of the molecule is CC[C@@H]1SC2=Nc3ccccc3[C@@H](C)N2C1=O. The van der Waals surface area contributed by atoms with Gasteiger partial charge in [0, 0.05) is 5.56 Å². The van der Waals surface area contributed by atoms with Crippen LogP contribution in [0.2, 0.25) is 0 Å². The summed E-state index contributed by atoms with van der Waals surface area (Å²) in [5.41, 5.74) is 2.14. The molecule has 2 heterocycles. The number of amides is 1. The molecule has 0 bridgehead atoms. The second-order valence-electron chi connectivity index (χ2n) is 4.35. The minimum absolute atomic E-state index is 0.0468. The van der Waals surface area contributed by atoms with Crippen LogP contribution < -0.4 is 0 Å². The Labute approximate surface area is 105 Å². The standard InChI is InChI=1S/C13H14N2OS/c1-3-11-12(16)15-8(2)9-6-4-5-7-10(9)14-13(15)17-11/h4-8,11H,3H2,1-2H3/t8-,11+/m1/s1. The highest BCUT2D eigenvalue weighted by molar-refractivity contribution is 8.15. The largest absolute Gasteiger partial charge is 0.283 e. The minimum atomic E-state index is 0.0468. The maximum Gasteiger partial charge on any atom is 0.242 e. The van der Waals surface area contributed by atoms with Crippen molar-refractivity contribution in [2.45, 2.75) is 31.6 Å². The number of hydrogen-bond acceptors (Lipinski definition) is 3. The van der Waals surface area contributed by atoms with Crippen molar-refractivity contribution >= 4 is 28.5 Å². The predicted molar refractivity (Wildman–Crippen MR) is 70.5 cm³/mol. The van der Waals surface area contributed by atoms with Crippen LogP contribution in [-0.4, -0.2) is 21.2 Å². The van der Waals surface area contributed by atoms with E-state index in [9.17, 15) is 4.79 Å². The highest BCUT2D eigenvalue weighted by Gasteiger charge is 2.42. The van der Waals surface area contributed by atoms with Crippen LogP contribution in [0.25, 0.3) is 0 Å². The summed E-state index contributed by atoms with van der Waals surface area (Å²) in [7, 11) is 0. The van der Waals surface area contributed by atoms with Crippen molar-refractivity contribution in [1.29, 1.82) is 0 Å². The summed E-state index contributed by atoms with van der Waals surface area (Å²) in [4.78, 5) is 18.7. The van der Waals surface area contributed by atoms with Gasteiger partial charge in [0.05, 0.1) is 17.0 Å². The van der Waals surface area contributed by atoms with Crippen molar-refractivity contribution < 1.29 is 4.79 Å². The number of thioether (sulfide) groups is 1. The summed E-state index contributed by atoms with van der Waals surface area (Å²) < 4.78 is 0. The number of carbonyl (C=O) groups is 1. The molecule has 0 aromatic heterocycles. The van der Waals surface area contributed by atoms with Gasteiger partial charge in [-0.05, 0) is 19.4 Å². The first-order chi connectivity index (χ1) is 8.22. The maximum atomic E-state index is 12.2. The fourth-order valence-corrected chi connectivity index (χ4v) is 3.51. The van der Waals surface area contributed by atoms with E-state index in [1.165, 1.54) is 0 Å². The Hall–Kier alpha value is -1.29. The zero-order valence-electron chi connectivity index (χ0n) is 9.88. The van der Waals surface area contributed by atoms with Crippen LogP contribution in [0.3, 0.4) is 0 Å². The van der Waals surface area contributed by atoms with Gasteiger partial charge in [0.15, 0.2) is 5.17 Å². The van der Waals surface area contributed by atoms with Gasteiger partial charge in [0.1, 0.15) is 0 Å². The molecule has 1 fully saturated rings. The molecule has 1 saturated heterocycles. The normalized spacial score (nSPS) is 26.6. The number of aliphatic imine (C=N–C) groups is 1. The van der Waals surface area contributed by atoms with E-state index in [1.54, 1.807) is 11.8 Å². The van der Waals surface area contributed by atoms with Crippen molar-refractivity contribution in [2.24, 2.45) is 4.99 Å². The maximum absolute atomic E-state index is 12.2. The number of fused-ring (bicyclic) bond motifs is 2. The van der Waals surface area contributed by atoms with Crippen LogP contribution in [0.1, 0.15) is 31.9 Å². The zero-order chi connectivity index (χ0) is 12.0. The van der Waals surface area contributed by atoms with Gasteiger partial charge >= 0.3 is 0 Å². The van der Waals surface area contributed by atoms with Crippen molar-refractivity contribution in [1.82, 2.24) is 4.90 Å². The second-order valence-corrected chi connectivity index (χ2v) is 5.52. The Bertz CT molecular complexity index is 512. The van der Waals surface area contributed by atoms with Gasteiger partial charge in [0.25, 0.3) is 0 Å². The number of rotatable bonds is 1. The number of amidine groups is 1. The van der Waals surface area contributed by atoms with Gasteiger partial charge in [0.2, 0.25) is 5.91 Å². The van der Waals surface area contributed by atoms with E-state index in [0.29, 0.717) is 0 Å². The molecule has 0 unspecified atom stereocenters. The first kappa shape index (κ1) is 10.8. The molecule has 1 aromatic carbocycles. The molecular weight excluding hydrogens is 232 g/mol. The Morgan fingerprint density at radius 3 is 2.94 bits per heavy atom. The van der Waals surface area contributed by atoms with Gasteiger partial charge in [-0.15, -0.1) is 0 Å². The van der Waals surface area contributed by atoms with Crippen molar-refractivity contribution in [2.75, 3.05) is 0 Å². The third kappa shape index (κ3) is 1.51. The van der Waals surface area contributed by atoms with Gasteiger partial charge in [-0.1, -0.05) is 36.9 Å². The molecule has 0 spiro atoms. The van der Waals surface area contributed by atoms with Crippen molar-refractivity contribution in [3.05, 3.63) is 29.8 Å². The number of benzene rings is 1. The van der Waals surface area contributed by atoms with Crippen LogP contribution >= 0.6 is 11.8 Å². The molecular formula is C13H14N2OS. The Morgan fingerprint density at radius 1 is 1.41 bits per heavy atom. The lowest BCUT2D eigenvalue weighted by molar-refractivity contribution is -0.127. The Balaban J connectivity index is 2.08. The molecule has 1 aromatic rings. The first-order valence-electron chi connectivity index (χ1n) is 5.89. The highest BCUT2D eigenvalue weighted by atomic mass is 32.2.